The van der Waals surface area contributed by atoms with Crippen molar-refractivity contribution in [1.29, 1.82) is 0 Å². The molecule has 0 unspecified atom stereocenters. The number of benzene rings is 2. The maximum absolute atomic E-state index is 12.6. The summed E-state index contributed by atoms with van der Waals surface area (Å²) in [6, 6.07) is 9.40. The smallest absolute Gasteiger partial charge is 0.273 e. The van der Waals surface area contributed by atoms with Gasteiger partial charge in [-0.15, -0.1) is 0 Å². The lowest BCUT2D eigenvalue weighted by Crippen LogP contribution is -2.39. The van der Waals surface area contributed by atoms with Gasteiger partial charge in [0.05, 0.1) is 10.6 Å². The molecule has 0 radical (unpaired) electrons. The van der Waals surface area contributed by atoms with E-state index >= 15 is 0 Å². The number of nitrogens with one attached hydrogen (secondary N) is 1. The number of rotatable bonds is 5. The number of carbonyl (C=O) groups excluding carboxylic acids is 2. The zero-order chi connectivity index (χ0) is 19.6. The fourth-order valence-corrected chi connectivity index (χ4v) is 3.01. The largest absolute Gasteiger partial charge is 0.482 e. The van der Waals surface area contributed by atoms with Crippen molar-refractivity contribution in [1.82, 2.24) is 0 Å². The van der Waals surface area contributed by atoms with Crippen LogP contribution < -0.4 is 15.0 Å². The van der Waals surface area contributed by atoms with E-state index in [4.69, 9.17) is 4.74 Å². The summed E-state index contributed by atoms with van der Waals surface area (Å²) in [5, 5.41) is 13.8. The monoisotopic (exact) mass is 369 g/mol. The van der Waals surface area contributed by atoms with Crippen LogP contribution in [-0.2, 0) is 4.79 Å². The van der Waals surface area contributed by atoms with Gasteiger partial charge in [0.2, 0.25) is 0 Å². The minimum absolute atomic E-state index is 0.00835. The Bertz CT molecular complexity index is 926. The van der Waals surface area contributed by atoms with Crippen LogP contribution in [0.15, 0.2) is 36.4 Å². The molecule has 140 valence electrons. The number of amides is 2. The average molecular weight is 369 g/mol. The molecule has 0 atom stereocenters. The normalized spacial score (nSPS) is 13.0. The Morgan fingerprint density at radius 1 is 1.33 bits per heavy atom. The third-order valence-corrected chi connectivity index (χ3v) is 4.35. The standard InChI is InChI=1S/C19H19N3O5/c1-3-9-21-16-10-13(7-8-17(16)27-11-18(21)23)20-19(24)14-5-4-6-15(12(14)2)22(25)26/h4-8,10H,3,9,11H2,1-2H3,(H,20,24). The first-order valence-corrected chi connectivity index (χ1v) is 8.55. The van der Waals surface area contributed by atoms with E-state index in [1.54, 1.807) is 23.1 Å². The highest BCUT2D eigenvalue weighted by molar-refractivity contribution is 6.06. The van der Waals surface area contributed by atoms with Gasteiger partial charge in [-0.2, -0.15) is 0 Å². The highest BCUT2D eigenvalue weighted by Crippen LogP contribution is 2.35. The van der Waals surface area contributed by atoms with E-state index in [1.165, 1.54) is 25.1 Å². The third kappa shape index (κ3) is 3.59. The predicted molar refractivity (Wildman–Crippen MR) is 100 cm³/mol. The highest BCUT2D eigenvalue weighted by Gasteiger charge is 2.25. The lowest BCUT2D eigenvalue weighted by atomic mass is 10.1. The van der Waals surface area contributed by atoms with Crippen LogP contribution in [-0.4, -0.2) is 29.9 Å². The number of ether oxygens (including phenoxy) is 1. The van der Waals surface area contributed by atoms with Gasteiger partial charge >= 0.3 is 0 Å². The van der Waals surface area contributed by atoms with Crippen molar-refractivity contribution in [2.75, 3.05) is 23.4 Å². The van der Waals surface area contributed by atoms with Crippen LogP contribution in [0.25, 0.3) is 0 Å². The minimum atomic E-state index is -0.517. The molecule has 8 nitrogen and oxygen atoms in total. The van der Waals surface area contributed by atoms with Gasteiger partial charge in [-0.3, -0.25) is 19.7 Å². The van der Waals surface area contributed by atoms with Crippen LogP contribution in [0, 0.1) is 17.0 Å². The lowest BCUT2D eigenvalue weighted by molar-refractivity contribution is -0.385. The molecule has 1 aliphatic heterocycles. The van der Waals surface area contributed by atoms with E-state index in [0.717, 1.165) is 6.42 Å². The van der Waals surface area contributed by atoms with Crippen molar-refractivity contribution in [3.05, 3.63) is 57.6 Å². The molecule has 0 aromatic heterocycles. The Labute approximate surface area is 155 Å². The summed E-state index contributed by atoms with van der Waals surface area (Å²) in [5.74, 6) is -0.0174. The van der Waals surface area contributed by atoms with E-state index in [9.17, 15) is 19.7 Å². The second-order valence-corrected chi connectivity index (χ2v) is 6.18. The molecule has 0 bridgehead atoms. The molecule has 8 heteroatoms. The number of anilines is 2. The maximum Gasteiger partial charge on any atom is 0.273 e. The van der Waals surface area contributed by atoms with Crippen molar-refractivity contribution in [3.8, 4) is 5.75 Å². The molecule has 1 N–H and O–H groups in total. The molecular formula is C19H19N3O5. The molecule has 2 amide bonds. The van der Waals surface area contributed by atoms with Crippen LogP contribution in [0.2, 0.25) is 0 Å². The number of hydrogen-bond acceptors (Lipinski definition) is 5. The van der Waals surface area contributed by atoms with Gasteiger partial charge in [-0.1, -0.05) is 13.0 Å². The fraction of sp³-hybridized carbons (Fsp3) is 0.263. The van der Waals surface area contributed by atoms with Crippen LogP contribution in [0.1, 0.15) is 29.3 Å². The van der Waals surface area contributed by atoms with Crippen molar-refractivity contribution in [2.45, 2.75) is 20.3 Å². The van der Waals surface area contributed by atoms with E-state index in [2.05, 4.69) is 5.32 Å². The lowest BCUT2D eigenvalue weighted by Gasteiger charge is -2.29. The Morgan fingerprint density at radius 3 is 2.81 bits per heavy atom. The topological polar surface area (TPSA) is 102 Å². The molecule has 2 aromatic carbocycles. The van der Waals surface area contributed by atoms with Gasteiger partial charge in [-0.25, -0.2) is 0 Å². The van der Waals surface area contributed by atoms with Crippen molar-refractivity contribution >= 4 is 28.9 Å². The van der Waals surface area contributed by atoms with E-state index in [-0.39, 0.29) is 23.8 Å². The van der Waals surface area contributed by atoms with Gasteiger partial charge in [0.1, 0.15) is 5.75 Å². The predicted octanol–water partition coefficient (Wildman–Crippen LogP) is 3.29. The van der Waals surface area contributed by atoms with Crippen LogP contribution in [0.3, 0.4) is 0 Å². The first-order valence-electron chi connectivity index (χ1n) is 8.55. The van der Waals surface area contributed by atoms with Gasteiger partial charge in [0, 0.05) is 29.4 Å². The first-order chi connectivity index (χ1) is 12.9. The molecular weight excluding hydrogens is 350 g/mol. The van der Waals surface area contributed by atoms with Crippen LogP contribution in [0.4, 0.5) is 17.1 Å². The second kappa shape index (κ2) is 7.45. The number of nitrogens with zero attached hydrogens (tertiary/aromatic N) is 2. The van der Waals surface area contributed by atoms with Crippen LogP contribution in [0.5, 0.6) is 5.75 Å². The molecule has 1 aliphatic rings. The Morgan fingerprint density at radius 2 is 2.11 bits per heavy atom. The summed E-state index contributed by atoms with van der Waals surface area (Å²) >= 11 is 0. The zero-order valence-corrected chi connectivity index (χ0v) is 15.0. The van der Waals surface area contributed by atoms with Crippen molar-refractivity contribution < 1.29 is 19.2 Å². The summed E-state index contributed by atoms with van der Waals surface area (Å²) in [5.41, 5.74) is 1.48. The molecule has 1 heterocycles. The molecule has 3 rings (SSSR count). The molecule has 2 aromatic rings. The van der Waals surface area contributed by atoms with Gasteiger partial charge in [-0.05, 0) is 37.6 Å². The highest BCUT2D eigenvalue weighted by atomic mass is 16.6. The summed E-state index contributed by atoms with van der Waals surface area (Å²) in [7, 11) is 0. The minimum Gasteiger partial charge on any atom is -0.482 e. The molecule has 0 saturated heterocycles. The SMILES string of the molecule is CCCN1C(=O)COc2ccc(NC(=O)c3cccc([N+](=O)[O-])c3C)cc21. The van der Waals surface area contributed by atoms with Crippen LogP contribution >= 0.6 is 0 Å². The Kier molecular flexibility index (Phi) is 5.07. The molecule has 0 aliphatic carbocycles. The molecule has 0 saturated carbocycles. The number of nitro groups is 1. The van der Waals surface area contributed by atoms with Crippen molar-refractivity contribution in [3.63, 3.8) is 0 Å². The molecule has 0 spiro atoms. The van der Waals surface area contributed by atoms with E-state index in [1.807, 2.05) is 6.92 Å². The number of hydrogen-bond donors (Lipinski definition) is 1. The Hall–Kier alpha value is -3.42. The molecule has 0 fully saturated rings. The zero-order valence-electron chi connectivity index (χ0n) is 15.0. The van der Waals surface area contributed by atoms with Gasteiger partial charge < -0.3 is 15.0 Å². The quantitative estimate of drug-likeness (QED) is 0.644. The van der Waals surface area contributed by atoms with Crippen molar-refractivity contribution in [2.24, 2.45) is 0 Å². The van der Waals surface area contributed by atoms with E-state index < -0.39 is 10.8 Å². The third-order valence-electron chi connectivity index (χ3n) is 4.35. The number of fused-ring (bicyclic) bond motifs is 1. The summed E-state index contributed by atoms with van der Waals surface area (Å²) in [4.78, 5) is 36.9. The summed E-state index contributed by atoms with van der Waals surface area (Å²) < 4.78 is 5.44. The van der Waals surface area contributed by atoms with E-state index in [0.29, 0.717) is 29.2 Å². The van der Waals surface area contributed by atoms with Gasteiger partial charge in [0.15, 0.2) is 6.61 Å². The fourth-order valence-electron chi connectivity index (χ4n) is 3.01. The molecule has 27 heavy (non-hydrogen) atoms. The Balaban J connectivity index is 1.89. The first kappa shape index (κ1) is 18.4. The van der Waals surface area contributed by atoms with Gasteiger partial charge in [0.25, 0.3) is 17.5 Å². The maximum atomic E-state index is 12.6. The summed E-state index contributed by atoms with van der Waals surface area (Å²) in [6.07, 6.45) is 0.786. The number of nitro benzene ring substituents is 1. The second-order valence-electron chi connectivity index (χ2n) is 6.18. The average Bonchev–Trinajstić information content (AvgIpc) is 2.64. The number of carbonyl (C=O) groups is 2. The summed E-state index contributed by atoms with van der Waals surface area (Å²) in [6.45, 7) is 4.05.